The van der Waals surface area contributed by atoms with E-state index < -0.39 is 0 Å². The first-order chi connectivity index (χ1) is 12.6. The van der Waals surface area contributed by atoms with E-state index in [0.29, 0.717) is 0 Å². The lowest BCUT2D eigenvalue weighted by Crippen LogP contribution is -2.02. The van der Waals surface area contributed by atoms with Gasteiger partial charge < -0.3 is 0 Å². The highest BCUT2D eigenvalue weighted by atomic mass is 16.2. The Morgan fingerprint density at radius 2 is 1.08 bits per heavy atom. The Morgan fingerprint density at radius 1 is 0.692 bits per heavy atom. The molecule has 4 rings (SSSR count). The first-order valence-corrected chi connectivity index (χ1v) is 8.46. The van der Waals surface area contributed by atoms with Crippen molar-refractivity contribution in [3.8, 4) is 0 Å². The van der Waals surface area contributed by atoms with E-state index in [1.165, 1.54) is 0 Å². The van der Waals surface area contributed by atoms with Crippen molar-refractivity contribution in [3.63, 3.8) is 0 Å². The average Bonchev–Trinajstić information content (AvgIpc) is 3.19. The maximum absolute atomic E-state index is 11.9. The molecule has 4 heteroatoms. The number of para-hydroxylation sites is 2. The Balaban J connectivity index is 1.85. The predicted molar refractivity (Wildman–Crippen MR) is 105 cm³/mol. The van der Waals surface area contributed by atoms with E-state index in [1.807, 2.05) is 73.1 Å². The normalized spacial score (nSPS) is 11.6. The number of carbonyl (C=O) groups is 2. The van der Waals surface area contributed by atoms with Crippen molar-refractivity contribution < 1.29 is 9.59 Å². The Morgan fingerprint density at radius 3 is 1.46 bits per heavy atom. The van der Waals surface area contributed by atoms with Gasteiger partial charge in [0.25, 0.3) is 0 Å². The lowest BCUT2D eigenvalue weighted by molar-refractivity contribution is 0.0933. The van der Waals surface area contributed by atoms with Crippen LogP contribution in [0.3, 0.4) is 0 Å². The summed E-state index contributed by atoms with van der Waals surface area (Å²) in [5.41, 5.74) is 3.72. The predicted octanol–water partition coefficient (Wildman–Crippen LogP) is 5.09. The van der Waals surface area contributed by atoms with Crippen molar-refractivity contribution in [2.45, 2.75) is 13.8 Å². The lowest BCUT2D eigenvalue weighted by atomic mass is 10.1. The number of nitrogens with zero attached hydrogens (tertiary/aromatic N) is 2. The second kappa shape index (κ2) is 6.15. The molecular formula is C22H18N2O2. The zero-order chi connectivity index (χ0) is 18.3. The van der Waals surface area contributed by atoms with Crippen molar-refractivity contribution in [2.24, 2.45) is 0 Å². The van der Waals surface area contributed by atoms with Crippen LogP contribution in [-0.4, -0.2) is 20.9 Å². The standard InChI is InChI=1S/C22H18N2O2/c1-15(25)23-13-17(19-7-3-5-9-21(19)23)11-12-18-14-24(16(2)26)22-10-6-4-8-20(18)22/h3-14H,1-2H3/b12-11+. The highest BCUT2D eigenvalue weighted by Crippen LogP contribution is 2.26. The molecule has 0 amide bonds. The summed E-state index contributed by atoms with van der Waals surface area (Å²) in [4.78, 5) is 23.8. The van der Waals surface area contributed by atoms with Crippen LogP contribution >= 0.6 is 0 Å². The molecule has 26 heavy (non-hydrogen) atoms. The molecule has 128 valence electrons. The molecule has 0 aliphatic heterocycles. The molecule has 0 aliphatic rings. The lowest BCUT2D eigenvalue weighted by Gasteiger charge is -1.97. The molecule has 0 saturated carbocycles. The molecule has 0 aliphatic carbocycles. The van der Waals surface area contributed by atoms with Crippen molar-refractivity contribution in [1.29, 1.82) is 0 Å². The van der Waals surface area contributed by atoms with Gasteiger partial charge in [0.05, 0.1) is 11.0 Å². The maximum Gasteiger partial charge on any atom is 0.227 e. The van der Waals surface area contributed by atoms with E-state index >= 15 is 0 Å². The zero-order valence-electron chi connectivity index (χ0n) is 14.6. The monoisotopic (exact) mass is 342 g/mol. The van der Waals surface area contributed by atoms with Crippen LogP contribution in [-0.2, 0) is 0 Å². The minimum atomic E-state index is -0.0194. The Bertz CT molecular complexity index is 1100. The number of hydrogen-bond acceptors (Lipinski definition) is 2. The van der Waals surface area contributed by atoms with Gasteiger partial charge in [0.15, 0.2) is 0 Å². The van der Waals surface area contributed by atoms with Crippen molar-refractivity contribution in [1.82, 2.24) is 9.13 Å². The number of rotatable bonds is 2. The van der Waals surface area contributed by atoms with E-state index in [0.717, 1.165) is 32.9 Å². The number of benzene rings is 2. The van der Waals surface area contributed by atoms with Gasteiger partial charge in [-0.3, -0.25) is 18.7 Å². The number of hydrogen-bond donors (Lipinski definition) is 0. The van der Waals surface area contributed by atoms with Crippen LogP contribution in [0.15, 0.2) is 60.9 Å². The fraction of sp³-hybridized carbons (Fsp3) is 0.0909. The van der Waals surface area contributed by atoms with E-state index in [4.69, 9.17) is 0 Å². The minimum absolute atomic E-state index is 0.0194. The molecule has 0 saturated heterocycles. The van der Waals surface area contributed by atoms with Crippen molar-refractivity contribution in [3.05, 3.63) is 72.1 Å². The molecule has 2 aromatic carbocycles. The summed E-state index contributed by atoms with van der Waals surface area (Å²) in [6.45, 7) is 3.11. The van der Waals surface area contributed by atoms with Gasteiger partial charge in [-0.2, -0.15) is 0 Å². The van der Waals surface area contributed by atoms with E-state index in [9.17, 15) is 9.59 Å². The van der Waals surface area contributed by atoms with Gasteiger partial charge in [0.2, 0.25) is 11.8 Å². The highest BCUT2D eigenvalue weighted by molar-refractivity contribution is 6.01. The largest absolute Gasteiger partial charge is 0.287 e. The van der Waals surface area contributed by atoms with Crippen LogP contribution in [0.25, 0.3) is 34.0 Å². The molecule has 0 unspecified atom stereocenters. The third kappa shape index (κ3) is 2.56. The second-order valence-electron chi connectivity index (χ2n) is 6.31. The first kappa shape index (κ1) is 16.1. The third-order valence-corrected chi connectivity index (χ3v) is 4.61. The molecule has 0 fully saturated rings. The highest BCUT2D eigenvalue weighted by Gasteiger charge is 2.11. The molecule has 0 N–H and O–H groups in total. The Kier molecular flexibility index (Phi) is 3.81. The van der Waals surface area contributed by atoms with Gasteiger partial charge in [0.1, 0.15) is 0 Å². The van der Waals surface area contributed by atoms with Gasteiger partial charge in [-0.15, -0.1) is 0 Å². The summed E-state index contributed by atoms with van der Waals surface area (Å²) in [6, 6.07) is 15.7. The van der Waals surface area contributed by atoms with E-state index in [1.54, 1.807) is 23.0 Å². The van der Waals surface area contributed by atoms with Gasteiger partial charge >= 0.3 is 0 Å². The summed E-state index contributed by atoms with van der Waals surface area (Å²) in [5.74, 6) is -0.0388. The summed E-state index contributed by atoms with van der Waals surface area (Å²) in [7, 11) is 0. The topological polar surface area (TPSA) is 44.0 Å². The second-order valence-corrected chi connectivity index (χ2v) is 6.31. The Labute approximate surface area is 151 Å². The van der Waals surface area contributed by atoms with Crippen LogP contribution < -0.4 is 0 Å². The number of aromatic nitrogens is 2. The molecule has 0 spiro atoms. The molecule has 0 bridgehead atoms. The van der Waals surface area contributed by atoms with Crippen molar-refractivity contribution >= 4 is 45.8 Å². The van der Waals surface area contributed by atoms with Gasteiger partial charge in [-0.1, -0.05) is 48.6 Å². The number of fused-ring (bicyclic) bond motifs is 2. The van der Waals surface area contributed by atoms with Gasteiger partial charge in [-0.05, 0) is 12.1 Å². The van der Waals surface area contributed by atoms with E-state index in [2.05, 4.69) is 0 Å². The minimum Gasteiger partial charge on any atom is -0.287 e. The summed E-state index contributed by atoms with van der Waals surface area (Å²) >= 11 is 0. The van der Waals surface area contributed by atoms with Crippen LogP contribution in [0, 0.1) is 0 Å². The van der Waals surface area contributed by atoms with Gasteiger partial charge in [-0.25, -0.2) is 0 Å². The molecule has 0 radical (unpaired) electrons. The summed E-state index contributed by atoms with van der Waals surface area (Å²) in [6.07, 6.45) is 7.70. The van der Waals surface area contributed by atoms with E-state index in [-0.39, 0.29) is 11.8 Å². The van der Waals surface area contributed by atoms with Crippen LogP contribution in [0.4, 0.5) is 0 Å². The fourth-order valence-electron chi connectivity index (χ4n) is 3.38. The molecular weight excluding hydrogens is 324 g/mol. The smallest absolute Gasteiger partial charge is 0.227 e. The molecule has 4 aromatic rings. The summed E-state index contributed by atoms with van der Waals surface area (Å²) < 4.78 is 3.32. The van der Waals surface area contributed by atoms with Crippen LogP contribution in [0.2, 0.25) is 0 Å². The molecule has 4 nitrogen and oxygen atoms in total. The van der Waals surface area contributed by atoms with Crippen LogP contribution in [0.1, 0.15) is 34.6 Å². The van der Waals surface area contributed by atoms with Gasteiger partial charge in [0, 0.05) is 48.1 Å². The average molecular weight is 342 g/mol. The number of carbonyl (C=O) groups excluding carboxylic acids is 2. The molecule has 0 atom stereocenters. The zero-order valence-corrected chi connectivity index (χ0v) is 14.6. The fourth-order valence-corrected chi connectivity index (χ4v) is 3.38. The molecule has 2 aromatic heterocycles. The maximum atomic E-state index is 11.9. The summed E-state index contributed by atoms with van der Waals surface area (Å²) in [5, 5.41) is 2.04. The Hall–Kier alpha value is -3.40. The first-order valence-electron chi connectivity index (χ1n) is 8.46. The van der Waals surface area contributed by atoms with Crippen molar-refractivity contribution in [2.75, 3.05) is 0 Å². The third-order valence-electron chi connectivity index (χ3n) is 4.61. The SMILES string of the molecule is CC(=O)n1cc(/C=C/c2cn(C(C)=O)c3ccccc23)c2ccccc21. The van der Waals surface area contributed by atoms with Crippen LogP contribution in [0.5, 0.6) is 0 Å². The quantitative estimate of drug-likeness (QED) is 0.509. The molecule has 2 heterocycles.